The zero-order valence-corrected chi connectivity index (χ0v) is 29.2. The van der Waals surface area contributed by atoms with Crippen molar-refractivity contribution in [2.24, 2.45) is 0 Å². The lowest BCUT2D eigenvalue weighted by Gasteiger charge is -2.24. The lowest BCUT2D eigenvalue weighted by molar-refractivity contribution is 0.258. The summed E-state index contributed by atoms with van der Waals surface area (Å²) in [5, 5.41) is 13.4. The molecule has 0 unspecified atom stereocenters. The van der Waals surface area contributed by atoms with E-state index >= 15 is 0 Å². The summed E-state index contributed by atoms with van der Waals surface area (Å²) >= 11 is 0. The average Bonchev–Trinajstić information content (AvgIpc) is 3.91. The molecule has 10 nitrogen and oxygen atoms in total. The fraction of sp³-hybridized carbons (Fsp3) is 0.385. The van der Waals surface area contributed by atoms with E-state index in [9.17, 15) is 4.89 Å². The van der Waals surface area contributed by atoms with Gasteiger partial charge < -0.3 is 30.9 Å². The van der Waals surface area contributed by atoms with Crippen molar-refractivity contribution in [1.29, 1.82) is 0 Å². The van der Waals surface area contributed by atoms with E-state index in [0.717, 1.165) is 111 Å². The largest absolute Gasteiger partial charge is 0.714 e. The first-order valence-electron chi connectivity index (χ1n) is 18.3. The minimum atomic E-state index is -4.13. The molecule has 0 aliphatic carbocycles. The summed E-state index contributed by atoms with van der Waals surface area (Å²) < 4.78 is 20.3. The maximum atomic E-state index is 12.9. The highest BCUT2D eigenvalue weighted by atomic mass is 31.2. The summed E-state index contributed by atoms with van der Waals surface area (Å²) in [6.07, 6.45) is 12.5. The number of H-pyrrole nitrogens is 3. The van der Waals surface area contributed by atoms with Crippen molar-refractivity contribution >= 4 is 40.9 Å². The Hall–Kier alpha value is -4.05. The molecule has 3 saturated heterocycles. The number of nitrogens with one attached hydrogen (secondary N) is 6. The van der Waals surface area contributed by atoms with Crippen molar-refractivity contribution in [3.8, 4) is 17.2 Å². The van der Waals surface area contributed by atoms with Gasteiger partial charge in [-0.25, -0.2) is 13.6 Å². The Morgan fingerprint density at radius 2 is 0.760 bits per heavy atom. The maximum Gasteiger partial charge on any atom is 0.714 e. The van der Waals surface area contributed by atoms with Gasteiger partial charge in [0.2, 0.25) is 0 Å². The van der Waals surface area contributed by atoms with E-state index in [0.29, 0.717) is 35.0 Å². The molecule has 3 aromatic carbocycles. The molecule has 0 bridgehead atoms. The quantitative estimate of drug-likeness (QED) is 0.0772. The van der Waals surface area contributed by atoms with Gasteiger partial charge in [-0.15, -0.1) is 4.89 Å². The molecule has 11 heteroatoms. The van der Waals surface area contributed by atoms with Crippen molar-refractivity contribution in [3.05, 3.63) is 89.9 Å². The summed E-state index contributed by atoms with van der Waals surface area (Å²) in [6.45, 7) is 5.86. The topological polar surface area (TPSA) is 131 Å². The Labute approximate surface area is 292 Å². The molecule has 6 heterocycles. The van der Waals surface area contributed by atoms with Crippen LogP contribution in [-0.2, 0) is 0 Å². The second-order valence-electron chi connectivity index (χ2n) is 14.1. The molecule has 7 N–H and O–H groups in total. The van der Waals surface area contributed by atoms with Gasteiger partial charge in [-0.3, -0.25) is 0 Å². The third-order valence-electron chi connectivity index (χ3n) is 11.1. The average molecular weight is 694 g/mol. The van der Waals surface area contributed by atoms with Crippen LogP contribution >= 0.6 is 8.17 Å². The summed E-state index contributed by atoms with van der Waals surface area (Å²) in [7, 11) is -4.13. The standard InChI is InChI=1S/C39H46N6O4P/c46-50(47-34-7-1-4-31-37(34)28(22-43-31)25-10-16-40-17-11-25,48-35-8-2-5-32-38(35)29(23-44-32)26-12-18-41-19-13-26)49-36-9-3-6-33-39(36)30(24-45-33)27-14-20-42-21-15-27/h1-9,22-27,40-46H,10-21H2/q+1. The first-order chi connectivity index (χ1) is 24.6. The van der Waals surface area contributed by atoms with E-state index in [4.69, 9.17) is 13.6 Å². The summed E-state index contributed by atoms with van der Waals surface area (Å²) in [5.41, 5.74) is 6.49. The van der Waals surface area contributed by atoms with Crippen molar-refractivity contribution in [1.82, 2.24) is 30.9 Å². The smallest absolute Gasteiger partial charge is 0.361 e. The van der Waals surface area contributed by atoms with E-state index in [1.807, 2.05) is 36.4 Å². The Morgan fingerprint density at radius 3 is 1.06 bits per heavy atom. The maximum absolute atomic E-state index is 12.9. The molecule has 0 atom stereocenters. The highest BCUT2D eigenvalue weighted by Gasteiger charge is 2.52. The summed E-state index contributed by atoms with van der Waals surface area (Å²) in [4.78, 5) is 23.3. The van der Waals surface area contributed by atoms with Gasteiger partial charge in [-0.2, -0.15) is 0 Å². The lowest BCUT2D eigenvalue weighted by Crippen LogP contribution is -2.26. The predicted octanol–water partition coefficient (Wildman–Crippen LogP) is 7.74. The van der Waals surface area contributed by atoms with Gasteiger partial charge in [0.05, 0.1) is 16.2 Å². The minimum Gasteiger partial charge on any atom is -0.361 e. The monoisotopic (exact) mass is 693 g/mol. The van der Waals surface area contributed by atoms with Crippen molar-refractivity contribution < 1.29 is 18.5 Å². The van der Waals surface area contributed by atoms with E-state index in [1.54, 1.807) is 0 Å². The molecular formula is C39H46N6O4P+. The molecule has 0 amide bonds. The Balaban J connectivity index is 1.16. The number of aromatic nitrogens is 3. The number of hydrogen-bond acceptors (Lipinski definition) is 7. The minimum absolute atomic E-state index is 0.380. The first kappa shape index (κ1) is 31.9. The molecule has 260 valence electrons. The molecule has 3 aliphatic rings. The Bertz CT molecular complexity index is 1870. The normalized spacial score (nSPS) is 18.7. The van der Waals surface area contributed by atoms with Crippen LogP contribution in [0, 0.1) is 0 Å². The van der Waals surface area contributed by atoms with Crippen LogP contribution < -0.4 is 29.5 Å². The fourth-order valence-corrected chi connectivity index (χ4v) is 9.87. The SMILES string of the molecule is O[P+](Oc1cccc2[nH]cc(C3CCNCC3)c12)(Oc1cccc2[nH]cc(C3CCNCC3)c12)Oc1cccc2[nH]cc(C3CCNCC3)c12. The zero-order valence-electron chi connectivity index (χ0n) is 28.3. The third-order valence-corrected chi connectivity index (χ3v) is 12.4. The van der Waals surface area contributed by atoms with E-state index < -0.39 is 8.17 Å². The molecule has 0 saturated carbocycles. The molecule has 6 aromatic rings. The number of rotatable bonds is 9. The first-order valence-corrected chi connectivity index (χ1v) is 19.8. The zero-order chi connectivity index (χ0) is 33.5. The lowest BCUT2D eigenvalue weighted by atomic mass is 9.90. The van der Waals surface area contributed by atoms with Gasteiger partial charge >= 0.3 is 8.17 Å². The second-order valence-corrected chi connectivity index (χ2v) is 15.6. The Morgan fingerprint density at radius 1 is 0.460 bits per heavy atom. The molecule has 0 spiro atoms. The van der Waals surface area contributed by atoms with Crippen LogP contribution in [0.3, 0.4) is 0 Å². The van der Waals surface area contributed by atoms with Crippen molar-refractivity contribution in [2.75, 3.05) is 39.3 Å². The van der Waals surface area contributed by atoms with Crippen LogP contribution in [-0.4, -0.2) is 59.1 Å². The third kappa shape index (κ3) is 6.03. The van der Waals surface area contributed by atoms with E-state index in [-0.39, 0.29) is 0 Å². The number of fused-ring (bicyclic) bond motifs is 3. The van der Waals surface area contributed by atoms with Gasteiger partial charge in [0.1, 0.15) is 0 Å². The molecule has 50 heavy (non-hydrogen) atoms. The van der Waals surface area contributed by atoms with Crippen LogP contribution in [0.25, 0.3) is 32.7 Å². The van der Waals surface area contributed by atoms with Gasteiger partial charge in [0.25, 0.3) is 0 Å². The summed E-state index contributed by atoms with van der Waals surface area (Å²) in [5.74, 6) is 2.79. The number of aromatic amines is 3. The van der Waals surface area contributed by atoms with Gasteiger partial charge in [-0.1, -0.05) is 18.2 Å². The molecule has 0 radical (unpaired) electrons. The number of hydrogen-bond donors (Lipinski definition) is 7. The van der Waals surface area contributed by atoms with Crippen LogP contribution in [0.2, 0.25) is 0 Å². The fourth-order valence-electron chi connectivity index (χ4n) is 8.55. The highest BCUT2D eigenvalue weighted by Crippen LogP contribution is 2.60. The van der Waals surface area contributed by atoms with E-state index in [2.05, 4.69) is 67.7 Å². The molecule has 9 rings (SSSR count). The van der Waals surface area contributed by atoms with E-state index in [1.165, 1.54) is 16.7 Å². The molecular weight excluding hydrogens is 647 g/mol. The van der Waals surface area contributed by atoms with Gasteiger partial charge in [0, 0.05) is 35.1 Å². The van der Waals surface area contributed by atoms with Gasteiger partial charge in [-0.05, 0) is 149 Å². The van der Waals surface area contributed by atoms with Crippen LogP contribution in [0.4, 0.5) is 0 Å². The van der Waals surface area contributed by atoms with Gasteiger partial charge in [0.15, 0.2) is 17.2 Å². The molecule has 3 aromatic heterocycles. The highest BCUT2D eigenvalue weighted by molar-refractivity contribution is 7.56. The number of piperidine rings is 3. The second kappa shape index (κ2) is 13.6. The summed E-state index contributed by atoms with van der Waals surface area (Å²) in [6, 6.07) is 17.8. The number of benzene rings is 3. The van der Waals surface area contributed by atoms with Crippen LogP contribution in [0.15, 0.2) is 73.2 Å². The van der Waals surface area contributed by atoms with Crippen LogP contribution in [0.5, 0.6) is 17.2 Å². The molecule has 3 aliphatic heterocycles. The Kier molecular flexibility index (Phi) is 8.67. The van der Waals surface area contributed by atoms with Crippen molar-refractivity contribution in [3.63, 3.8) is 0 Å². The predicted molar refractivity (Wildman–Crippen MR) is 200 cm³/mol. The molecule has 3 fully saturated rings. The van der Waals surface area contributed by atoms with Crippen molar-refractivity contribution in [2.45, 2.75) is 56.3 Å². The van der Waals surface area contributed by atoms with Crippen LogP contribution in [0.1, 0.15) is 73.0 Å².